The molecule has 1 aromatic carbocycles. The number of rotatable bonds is 4. The van der Waals surface area contributed by atoms with Gasteiger partial charge in [0.2, 0.25) is 5.88 Å². The van der Waals surface area contributed by atoms with Crippen molar-refractivity contribution in [3.8, 4) is 5.88 Å². The van der Waals surface area contributed by atoms with Gasteiger partial charge in [-0.05, 0) is 24.6 Å². The number of nitrogen functional groups attached to an aromatic ring is 1. The van der Waals surface area contributed by atoms with Crippen molar-refractivity contribution in [2.24, 2.45) is 0 Å². The fourth-order valence-electron chi connectivity index (χ4n) is 2.09. The summed E-state index contributed by atoms with van der Waals surface area (Å²) in [5.41, 5.74) is 9.74. The van der Waals surface area contributed by atoms with Crippen molar-refractivity contribution in [1.29, 1.82) is 0 Å². The Kier molecular flexibility index (Phi) is 3.62. The molecule has 0 aliphatic carbocycles. The summed E-state index contributed by atoms with van der Waals surface area (Å²) >= 11 is 1.65. The minimum Gasteiger partial charge on any atom is -0.481 e. The number of nitrogens with zero attached hydrogens (tertiary/aromatic N) is 2. The molecule has 0 radical (unpaired) electrons. The van der Waals surface area contributed by atoms with E-state index in [4.69, 9.17) is 10.5 Å². The number of hydrogen-bond donors (Lipinski definition) is 2. The SMILES string of the molecule is COc1ccc(CNc2cc3nc(C)sc3cc2N)cn1. The van der Waals surface area contributed by atoms with E-state index in [1.54, 1.807) is 24.6 Å². The van der Waals surface area contributed by atoms with E-state index < -0.39 is 0 Å². The zero-order valence-electron chi connectivity index (χ0n) is 11.9. The van der Waals surface area contributed by atoms with Crippen LogP contribution in [0.3, 0.4) is 0 Å². The number of ether oxygens (including phenoxy) is 1. The van der Waals surface area contributed by atoms with Gasteiger partial charge in [-0.25, -0.2) is 9.97 Å². The molecule has 2 aromatic heterocycles. The van der Waals surface area contributed by atoms with Gasteiger partial charge in [0.15, 0.2) is 0 Å². The molecule has 0 aliphatic rings. The molecule has 6 heteroatoms. The van der Waals surface area contributed by atoms with Gasteiger partial charge < -0.3 is 15.8 Å². The largest absolute Gasteiger partial charge is 0.481 e. The molecule has 3 N–H and O–H groups in total. The lowest BCUT2D eigenvalue weighted by molar-refractivity contribution is 0.397. The molecule has 0 bridgehead atoms. The number of fused-ring (bicyclic) bond motifs is 1. The van der Waals surface area contributed by atoms with Crippen LogP contribution in [0.25, 0.3) is 10.2 Å². The van der Waals surface area contributed by atoms with Crippen molar-refractivity contribution < 1.29 is 4.74 Å². The fraction of sp³-hybridized carbons (Fsp3) is 0.200. The third kappa shape index (κ3) is 2.90. The molecule has 0 spiro atoms. The number of anilines is 2. The molecule has 5 nitrogen and oxygen atoms in total. The highest BCUT2D eigenvalue weighted by Gasteiger charge is 2.06. The number of benzene rings is 1. The molecular formula is C15H16N4OS. The Morgan fingerprint density at radius 3 is 2.90 bits per heavy atom. The van der Waals surface area contributed by atoms with E-state index in [9.17, 15) is 0 Å². The highest BCUT2D eigenvalue weighted by molar-refractivity contribution is 7.18. The van der Waals surface area contributed by atoms with Crippen LogP contribution in [-0.2, 0) is 6.54 Å². The Bertz CT molecular complexity index is 767. The molecule has 3 rings (SSSR count). The summed E-state index contributed by atoms with van der Waals surface area (Å²) in [4.78, 5) is 8.67. The average Bonchev–Trinajstić information content (AvgIpc) is 2.84. The van der Waals surface area contributed by atoms with Gasteiger partial charge in [0.1, 0.15) is 0 Å². The Balaban J connectivity index is 1.78. The number of nitrogens with one attached hydrogen (secondary N) is 1. The third-order valence-corrected chi connectivity index (χ3v) is 4.09. The first-order chi connectivity index (χ1) is 10.2. The molecule has 0 unspecified atom stereocenters. The number of hydrogen-bond acceptors (Lipinski definition) is 6. The van der Waals surface area contributed by atoms with E-state index in [0.717, 1.165) is 32.2 Å². The summed E-state index contributed by atoms with van der Waals surface area (Å²) in [5, 5.41) is 4.37. The molecule has 108 valence electrons. The number of aromatic nitrogens is 2. The molecule has 0 atom stereocenters. The van der Waals surface area contributed by atoms with Crippen LogP contribution in [0, 0.1) is 6.92 Å². The molecule has 0 amide bonds. The summed E-state index contributed by atoms with van der Waals surface area (Å²) in [5.74, 6) is 0.609. The first-order valence-electron chi connectivity index (χ1n) is 6.55. The topological polar surface area (TPSA) is 73.1 Å². The molecule has 0 saturated carbocycles. The van der Waals surface area contributed by atoms with Crippen molar-refractivity contribution >= 4 is 32.9 Å². The van der Waals surface area contributed by atoms with E-state index in [2.05, 4.69) is 15.3 Å². The lowest BCUT2D eigenvalue weighted by Crippen LogP contribution is -2.03. The van der Waals surface area contributed by atoms with E-state index in [-0.39, 0.29) is 0 Å². The second-order valence-electron chi connectivity index (χ2n) is 4.70. The fourth-order valence-corrected chi connectivity index (χ4v) is 2.95. The minimum atomic E-state index is 0.609. The van der Waals surface area contributed by atoms with E-state index in [1.807, 2.05) is 31.2 Å². The van der Waals surface area contributed by atoms with Crippen LogP contribution in [0.1, 0.15) is 10.6 Å². The first kappa shape index (κ1) is 13.6. The van der Waals surface area contributed by atoms with Gasteiger partial charge in [-0.15, -0.1) is 11.3 Å². The standard InChI is InChI=1S/C15H16N4OS/c1-9-19-13-6-12(11(16)5-14(13)21-9)17-7-10-3-4-15(20-2)18-8-10/h3-6,8,17H,7,16H2,1-2H3. The van der Waals surface area contributed by atoms with Crippen LogP contribution in [0.5, 0.6) is 5.88 Å². The zero-order valence-corrected chi connectivity index (χ0v) is 12.7. The van der Waals surface area contributed by atoms with Crippen molar-refractivity contribution in [3.05, 3.63) is 41.0 Å². The number of nitrogens with two attached hydrogens (primary N) is 1. The summed E-state index contributed by atoms with van der Waals surface area (Å²) in [6, 6.07) is 7.77. The van der Waals surface area contributed by atoms with Crippen molar-refractivity contribution in [1.82, 2.24) is 9.97 Å². The minimum absolute atomic E-state index is 0.609. The number of aryl methyl sites for hydroxylation is 1. The maximum atomic E-state index is 6.09. The van der Waals surface area contributed by atoms with E-state index in [0.29, 0.717) is 12.4 Å². The Morgan fingerprint density at radius 1 is 1.33 bits per heavy atom. The van der Waals surface area contributed by atoms with Gasteiger partial charge in [0.25, 0.3) is 0 Å². The summed E-state index contributed by atoms with van der Waals surface area (Å²) in [6.45, 7) is 2.65. The summed E-state index contributed by atoms with van der Waals surface area (Å²) < 4.78 is 6.16. The molecule has 3 aromatic rings. The maximum Gasteiger partial charge on any atom is 0.212 e. The van der Waals surface area contributed by atoms with E-state index >= 15 is 0 Å². The molecular weight excluding hydrogens is 284 g/mol. The second kappa shape index (κ2) is 5.57. The number of pyridine rings is 1. The van der Waals surface area contributed by atoms with E-state index in [1.165, 1.54) is 0 Å². The Morgan fingerprint density at radius 2 is 2.19 bits per heavy atom. The molecule has 0 aliphatic heterocycles. The van der Waals surface area contributed by atoms with Crippen LogP contribution in [-0.4, -0.2) is 17.1 Å². The Hall–Kier alpha value is -2.34. The predicted octanol–water partition coefficient (Wildman–Crippen LogP) is 3.20. The maximum absolute atomic E-state index is 6.09. The highest BCUT2D eigenvalue weighted by atomic mass is 32.1. The number of methoxy groups -OCH3 is 1. The number of thiazole rings is 1. The van der Waals surface area contributed by atoms with Crippen LogP contribution in [0.2, 0.25) is 0 Å². The van der Waals surface area contributed by atoms with Crippen molar-refractivity contribution in [2.45, 2.75) is 13.5 Å². The van der Waals surface area contributed by atoms with Gasteiger partial charge >= 0.3 is 0 Å². The Labute approximate surface area is 126 Å². The smallest absolute Gasteiger partial charge is 0.212 e. The van der Waals surface area contributed by atoms with Crippen LogP contribution in [0.4, 0.5) is 11.4 Å². The average molecular weight is 300 g/mol. The molecule has 0 saturated heterocycles. The molecule has 2 heterocycles. The van der Waals surface area contributed by atoms with Crippen LogP contribution < -0.4 is 15.8 Å². The monoisotopic (exact) mass is 300 g/mol. The first-order valence-corrected chi connectivity index (χ1v) is 7.37. The van der Waals surface area contributed by atoms with Gasteiger partial charge in [-0.1, -0.05) is 6.07 Å². The predicted molar refractivity (Wildman–Crippen MR) is 86.9 cm³/mol. The summed E-state index contributed by atoms with van der Waals surface area (Å²) in [6.07, 6.45) is 1.79. The van der Waals surface area contributed by atoms with Crippen LogP contribution in [0.15, 0.2) is 30.5 Å². The van der Waals surface area contributed by atoms with Gasteiger partial charge in [0, 0.05) is 18.8 Å². The normalized spacial score (nSPS) is 10.8. The third-order valence-electron chi connectivity index (χ3n) is 3.16. The van der Waals surface area contributed by atoms with Gasteiger partial charge in [-0.3, -0.25) is 0 Å². The lowest BCUT2D eigenvalue weighted by Gasteiger charge is -2.09. The molecule has 21 heavy (non-hydrogen) atoms. The van der Waals surface area contributed by atoms with Gasteiger partial charge in [0.05, 0.1) is 33.7 Å². The highest BCUT2D eigenvalue weighted by Crippen LogP contribution is 2.29. The van der Waals surface area contributed by atoms with Gasteiger partial charge in [-0.2, -0.15) is 0 Å². The molecule has 0 fully saturated rings. The van der Waals surface area contributed by atoms with Crippen LogP contribution >= 0.6 is 11.3 Å². The quantitative estimate of drug-likeness (QED) is 0.724. The van der Waals surface area contributed by atoms with Crippen molar-refractivity contribution in [3.63, 3.8) is 0 Å². The summed E-state index contributed by atoms with van der Waals surface area (Å²) in [7, 11) is 1.60. The zero-order chi connectivity index (χ0) is 14.8. The van der Waals surface area contributed by atoms with Crippen molar-refractivity contribution in [2.75, 3.05) is 18.2 Å². The second-order valence-corrected chi connectivity index (χ2v) is 5.94. The lowest BCUT2D eigenvalue weighted by atomic mass is 10.2.